The summed E-state index contributed by atoms with van der Waals surface area (Å²) in [4.78, 5) is 11.9. The smallest absolute Gasteiger partial charge is 0.158 e. The summed E-state index contributed by atoms with van der Waals surface area (Å²) in [5.41, 5.74) is 2.32. The van der Waals surface area contributed by atoms with E-state index in [2.05, 4.69) is 17.4 Å². The van der Waals surface area contributed by atoms with E-state index in [0.717, 1.165) is 30.8 Å². The normalized spacial score (nSPS) is 18.4. The van der Waals surface area contributed by atoms with Crippen molar-refractivity contribution in [1.82, 2.24) is 5.32 Å². The molecule has 0 saturated carbocycles. The molecule has 2 aromatic rings. The zero-order chi connectivity index (χ0) is 14.5. The second-order valence-corrected chi connectivity index (χ2v) is 5.42. The number of nitrogens with one attached hydrogen (secondary N) is 1. The lowest BCUT2D eigenvalue weighted by molar-refractivity contribution is -0.115. The maximum Gasteiger partial charge on any atom is 0.158 e. The average molecular weight is 281 g/mol. The first kappa shape index (κ1) is 13.7. The van der Waals surface area contributed by atoms with Crippen LogP contribution >= 0.6 is 0 Å². The number of hydrogen-bond donors (Lipinski definition) is 1. The van der Waals surface area contributed by atoms with Crippen molar-refractivity contribution in [2.45, 2.75) is 25.2 Å². The Hall–Kier alpha value is -2.29. The van der Waals surface area contributed by atoms with Crippen LogP contribution in [0.5, 0.6) is 0 Å². The molecule has 0 saturated heterocycles. The van der Waals surface area contributed by atoms with Crippen LogP contribution in [-0.2, 0) is 11.2 Å². The summed E-state index contributed by atoms with van der Waals surface area (Å²) < 4.78 is 5.44. The van der Waals surface area contributed by atoms with Gasteiger partial charge in [-0.3, -0.25) is 4.79 Å². The molecule has 0 fully saturated rings. The van der Waals surface area contributed by atoms with Crippen LogP contribution in [0.2, 0.25) is 0 Å². The van der Waals surface area contributed by atoms with Crippen molar-refractivity contribution in [3.05, 3.63) is 71.8 Å². The predicted octanol–water partition coefficient (Wildman–Crippen LogP) is 3.44. The van der Waals surface area contributed by atoms with Gasteiger partial charge in [-0.05, 0) is 30.5 Å². The highest BCUT2D eigenvalue weighted by Crippen LogP contribution is 2.30. The Morgan fingerprint density at radius 3 is 2.71 bits per heavy atom. The highest BCUT2D eigenvalue weighted by atomic mass is 16.3. The van der Waals surface area contributed by atoms with Crippen molar-refractivity contribution in [2.24, 2.45) is 0 Å². The van der Waals surface area contributed by atoms with Crippen LogP contribution < -0.4 is 5.32 Å². The Kier molecular flexibility index (Phi) is 4.20. The second kappa shape index (κ2) is 6.44. The lowest BCUT2D eigenvalue weighted by Gasteiger charge is -2.21. The van der Waals surface area contributed by atoms with Gasteiger partial charge in [0, 0.05) is 30.7 Å². The molecule has 1 N–H and O–H groups in total. The molecule has 3 rings (SSSR count). The van der Waals surface area contributed by atoms with Crippen molar-refractivity contribution in [3.63, 3.8) is 0 Å². The van der Waals surface area contributed by atoms with Gasteiger partial charge in [0.1, 0.15) is 5.76 Å². The van der Waals surface area contributed by atoms with Crippen LogP contribution in [0, 0.1) is 0 Å². The minimum atomic E-state index is 0.164. The zero-order valence-corrected chi connectivity index (χ0v) is 11.9. The fourth-order valence-electron chi connectivity index (χ4n) is 2.75. The van der Waals surface area contributed by atoms with Crippen molar-refractivity contribution in [2.75, 3.05) is 6.54 Å². The SMILES string of the molecule is O=C1C=C(NCCc2ccccc2)C[C@@H](c2ccco2)C1. The molecule has 1 aliphatic rings. The van der Waals surface area contributed by atoms with Gasteiger partial charge in [-0.1, -0.05) is 30.3 Å². The third-order valence-electron chi connectivity index (χ3n) is 3.80. The summed E-state index contributed by atoms with van der Waals surface area (Å²) in [6.07, 6.45) is 5.74. The van der Waals surface area contributed by atoms with E-state index in [9.17, 15) is 4.79 Å². The molecule has 0 spiro atoms. The minimum Gasteiger partial charge on any atom is -0.469 e. The molecule has 1 aliphatic carbocycles. The highest BCUT2D eigenvalue weighted by molar-refractivity contribution is 5.91. The molecule has 0 bridgehead atoms. The number of allylic oxidation sites excluding steroid dienone is 2. The number of benzene rings is 1. The quantitative estimate of drug-likeness (QED) is 0.913. The van der Waals surface area contributed by atoms with Gasteiger partial charge in [0.2, 0.25) is 0 Å². The molecular weight excluding hydrogens is 262 g/mol. The minimum absolute atomic E-state index is 0.164. The van der Waals surface area contributed by atoms with Crippen molar-refractivity contribution < 1.29 is 9.21 Å². The summed E-state index contributed by atoms with van der Waals surface area (Å²) in [6.45, 7) is 0.841. The molecule has 0 unspecified atom stereocenters. The van der Waals surface area contributed by atoms with E-state index in [1.165, 1.54) is 5.56 Å². The molecule has 3 heteroatoms. The summed E-state index contributed by atoms with van der Waals surface area (Å²) in [5.74, 6) is 1.24. The van der Waals surface area contributed by atoms with Gasteiger partial charge in [0.05, 0.1) is 6.26 Å². The maximum atomic E-state index is 11.9. The highest BCUT2D eigenvalue weighted by Gasteiger charge is 2.23. The Morgan fingerprint density at radius 1 is 1.10 bits per heavy atom. The number of furan rings is 1. The van der Waals surface area contributed by atoms with E-state index in [1.807, 2.05) is 30.3 Å². The summed E-state index contributed by atoms with van der Waals surface area (Å²) in [6, 6.07) is 14.2. The van der Waals surface area contributed by atoms with E-state index >= 15 is 0 Å². The molecule has 1 atom stereocenters. The van der Waals surface area contributed by atoms with Crippen molar-refractivity contribution >= 4 is 5.78 Å². The fourth-order valence-corrected chi connectivity index (χ4v) is 2.75. The van der Waals surface area contributed by atoms with E-state index in [1.54, 1.807) is 12.3 Å². The fraction of sp³-hybridized carbons (Fsp3) is 0.278. The van der Waals surface area contributed by atoms with E-state index in [4.69, 9.17) is 4.42 Å². The molecule has 21 heavy (non-hydrogen) atoms. The Morgan fingerprint density at radius 2 is 1.95 bits per heavy atom. The Labute approximate surface area is 124 Å². The number of carbonyl (C=O) groups excluding carboxylic acids is 1. The lowest BCUT2D eigenvalue weighted by atomic mass is 9.89. The first-order valence-electron chi connectivity index (χ1n) is 7.36. The van der Waals surface area contributed by atoms with Crippen molar-refractivity contribution in [3.8, 4) is 0 Å². The largest absolute Gasteiger partial charge is 0.469 e. The third-order valence-corrected chi connectivity index (χ3v) is 3.80. The number of hydrogen-bond acceptors (Lipinski definition) is 3. The third kappa shape index (κ3) is 3.63. The summed E-state index contributed by atoms with van der Waals surface area (Å²) in [5, 5.41) is 3.39. The molecule has 0 aliphatic heterocycles. The predicted molar refractivity (Wildman–Crippen MR) is 81.9 cm³/mol. The molecule has 0 radical (unpaired) electrons. The van der Waals surface area contributed by atoms with Crippen LogP contribution in [0.3, 0.4) is 0 Å². The standard InChI is InChI=1S/C18H19NO2/c20-17-12-15(18-7-4-10-21-18)11-16(13-17)19-9-8-14-5-2-1-3-6-14/h1-7,10,13,15,19H,8-9,11-12H2/t15-/m1/s1. The molecular formula is C18H19NO2. The molecule has 1 aromatic carbocycles. The first-order chi connectivity index (χ1) is 10.3. The van der Waals surface area contributed by atoms with Gasteiger partial charge >= 0.3 is 0 Å². The Bertz CT molecular complexity index is 614. The number of carbonyl (C=O) groups is 1. The molecule has 1 aromatic heterocycles. The average Bonchev–Trinajstić information content (AvgIpc) is 3.02. The van der Waals surface area contributed by atoms with E-state index in [0.29, 0.717) is 6.42 Å². The number of ketones is 1. The molecule has 1 heterocycles. The Balaban J connectivity index is 1.56. The van der Waals surface area contributed by atoms with Crippen LogP contribution in [0.1, 0.15) is 30.1 Å². The summed E-state index contributed by atoms with van der Waals surface area (Å²) in [7, 11) is 0. The monoisotopic (exact) mass is 281 g/mol. The van der Waals surface area contributed by atoms with E-state index in [-0.39, 0.29) is 11.7 Å². The first-order valence-corrected chi connectivity index (χ1v) is 7.36. The van der Waals surface area contributed by atoms with Gasteiger partial charge in [0.15, 0.2) is 5.78 Å². The second-order valence-electron chi connectivity index (χ2n) is 5.42. The maximum absolute atomic E-state index is 11.9. The van der Waals surface area contributed by atoms with Gasteiger partial charge in [-0.2, -0.15) is 0 Å². The topological polar surface area (TPSA) is 42.2 Å². The van der Waals surface area contributed by atoms with Gasteiger partial charge in [0.25, 0.3) is 0 Å². The van der Waals surface area contributed by atoms with Crippen LogP contribution in [0.4, 0.5) is 0 Å². The van der Waals surface area contributed by atoms with Crippen LogP contribution in [-0.4, -0.2) is 12.3 Å². The van der Waals surface area contributed by atoms with Gasteiger partial charge in [-0.15, -0.1) is 0 Å². The zero-order valence-electron chi connectivity index (χ0n) is 11.9. The summed E-state index contributed by atoms with van der Waals surface area (Å²) >= 11 is 0. The van der Waals surface area contributed by atoms with Gasteiger partial charge in [-0.25, -0.2) is 0 Å². The lowest BCUT2D eigenvalue weighted by Crippen LogP contribution is -2.23. The van der Waals surface area contributed by atoms with Crippen molar-refractivity contribution in [1.29, 1.82) is 0 Å². The van der Waals surface area contributed by atoms with Gasteiger partial charge < -0.3 is 9.73 Å². The molecule has 0 amide bonds. The van der Waals surface area contributed by atoms with Crippen LogP contribution in [0.15, 0.2) is 64.9 Å². The molecule has 3 nitrogen and oxygen atoms in total. The van der Waals surface area contributed by atoms with E-state index < -0.39 is 0 Å². The molecule has 108 valence electrons. The number of rotatable bonds is 5. The van der Waals surface area contributed by atoms with Crippen LogP contribution in [0.25, 0.3) is 0 Å².